The van der Waals surface area contributed by atoms with E-state index in [-0.39, 0.29) is 18.4 Å². The van der Waals surface area contributed by atoms with Crippen LogP contribution in [0.4, 0.5) is 0 Å². The molecule has 1 aromatic rings. The smallest absolute Gasteiger partial charge is 0.308 e. The fraction of sp³-hybridized carbons (Fsp3) is 0.556. The van der Waals surface area contributed by atoms with Crippen molar-refractivity contribution in [1.82, 2.24) is 5.32 Å². The van der Waals surface area contributed by atoms with Crippen molar-refractivity contribution in [1.29, 1.82) is 0 Å². The van der Waals surface area contributed by atoms with Gasteiger partial charge in [-0.25, -0.2) is 0 Å². The number of carbonyl (C=O) groups is 2. The molecule has 25 heavy (non-hydrogen) atoms. The van der Waals surface area contributed by atoms with Crippen LogP contribution in [0.2, 0.25) is 5.02 Å². The summed E-state index contributed by atoms with van der Waals surface area (Å²) in [5, 5.41) is 12.9. The van der Waals surface area contributed by atoms with Crippen molar-refractivity contribution in [2.24, 2.45) is 11.8 Å². The van der Waals surface area contributed by atoms with Gasteiger partial charge in [-0.15, -0.1) is 11.8 Å². The first-order chi connectivity index (χ1) is 12.1. The molecule has 138 valence electrons. The quantitative estimate of drug-likeness (QED) is 0.503. The molecule has 1 aliphatic heterocycles. The van der Waals surface area contributed by atoms with Gasteiger partial charge in [0, 0.05) is 36.1 Å². The molecule has 1 aliphatic rings. The summed E-state index contributed by atoms with van der Waals surface area (Å²) in [6, 6.07) is 7.61. The largest absolute Gasteiger partial charge is 0.481 e. The van der Waals surface area contributed by atoms with Crippen LogP contribution in [-0.2, 0) is 14.3 Å². The van der Waals surface area contributed by atoms with E-state index in [1.807, 2.05) is 24.3 Å². The Morgan fingerprint density at radius 1 is 1.28 bits per heavy atom. The number of carboxylic acid groups (broad SMARTS) is 1. The van der Waals surface area contributed by atoms with E-state index < -0.39 is 11.9 Å². The zero-order chi connectivity index (χ0) is 18.1. The molecule has 0 saturated carbocycles. The van der Waals surface area contributed by atoms with Gasteiger partial charge in [-0.05, 0) is 55.2 Å². The first kappa shape index (κ1) is 20.1. The minimum absolute atomic E-state index is 0.0759. The molecule has 5 nitrogen and oxygen atoms in total. The fourth-order valence-electron chi connectivity index (χ4n) is 2.84. The molecule has 1 amide bonds. The molecule has 0 spiro atoms. The van der Waals surface area contributed by atoms with E-state index in [2.05, 4.69) is 5.32 Å². The van der Waals surface area contributed by atoms with Gasteiger partial charge in [0.25, 0.3) is 0 Å². The Kier molecular flexibility index (Phi) is 8.58. The lowest BCUT2D eigenvalue weighted by Crippen LogP contribution is -2.38. The first-order valence-corrected chi connectivity index (χ1v) is 9.88. The van der Waals surface area contributed by atoms with E-state index in [0.717, 1.165) is 29.9 Å². The van der Waals surface area contributed by atoms with Gasteiger partial charge in [0.05, 0.1) is 5.92 Å². The first-order valence-electron chi connectivity index (χ1n) is 8.52. The molecule has 1 aromatic carbocycles. The highest BCUT2D eigenvalue weighted by atomic mass is 35.5. The highest BCUT2D eigenvalue weighted by Gasteiger charge is 2.29. The van der Waals surface area contributed by atoms with Crippen molar-refractivity contribution >= 4 is 35.2 Å². The second kappa shape index (κ2) is 10.7. The molecule has 2 N–H and O–H groups in total. The van der Waals surface area contributed by atoms with E-state index >= 15 is 0 Å². The van der Waals surface area contributed by atoms with Gasteiger partial charge < -0.3 is 15.2 Å². The van der Waals surface area contributed by atoms with Crippen molar-refractivity contribution < 1.29 is 19.4 Å². The fourth-order valence-corrected chi connectivity index (χ4v) is 3.82. The Balaban J connectivity index is 1.65. The number of aliphatic carboxylic acids is 1. The molecule has 0 radical (unpaired) electrons. The topological polar surface area (TPSA) is 75.6 Å². The minimum atomic E-state index is -0.842. The predicted molar refractivity (Wildman–Crippen MR) is 99.1 cm³/mol. The summed E-state index contributed by atoms with van der Waals surface area (Å²) in [6.07, 6.45) is 2.63. The van der Waals surface area contributed by atoms with E-state index in [1.165, 1.54) is 0 Å². The number of rotatable bonds is 9. The molecule has 0 aromatic heterocycles. The standard InChI is InChI=1S/C18H24ClNO4S/c19-14-3-5-15(6-4-14)25-11-1-2-17(21)20-12-16(18(22)23)13-7-9-24-10-8-13/h3-6,13,16H,1-2,7-12H2,(H,20,21)(H,22,23). The van der Waals surface area contributed by atoms with E-state index in [0.29, 0.717) is 24.7 Å². The average Bonchev–Trinajstić information content (AvgIpc) is 2.61. The van der Waals surface area contributed by atoms with Gasteiger partial charge in [-0.1, -0.05) is 11.6 Å². The molecule has 0 aliphatic carbocycles. The molecular weight excluding hydrogens is 362 g/mol. The van der Waals surface area contributed by atoms with Crippen LogP contribution >= 0.6 is 23.4 Å². The summed E-state index contributed by atoms with van der Waals surface area (Å²) >= 11 is 7.52. The third kappa shape index (κ3) is 7.26. The normalized spacial score (nSPS) is 16.4. The van der Waals surface area contributed by atoms with Crippen molar-refractivity contribution in [3.05, 3.63) is 29.3 Å². The number of carboxylic acids is 1. The number of hydrogen-bond acceptors (Lipinski definition) is 4. The maximum atomic E-state index is 12.0. The molecule has 1 heterocycles. The van der Waals surface area contributed by atoms with Crippen LogP contribution in [0, 0.1) is 11.8 Å². The minimum Gasteiger partial charge on any atom is -0.481 e. The van der Waals surface area contributed by atoms with Crippen molar-refractivity contribution in [3.8, 4) is 0 Å². The van der Waals surface area contributed by atoms with E-state index in [1.54, 1.807) is 11.8 Å². The third-order valence-corrected chi connectivity index (χ3v) is 5.65. The van der Waals surface area contributed by atoms with Gasteiger partial charge in [0.15, 0.2) is 0 Å². The lowest BCUT2D eigenvalue weighted by molar-refractivity contribution is -0.144. The zero-order valence-electron chi connectivity index (χ0n) is 14.1. The number of amides is 1. The summed E-state index contributed by atoms with van der Waals surface area (Å²) in [5.74, 6) is -0.555. The lowest BCUT2D eigenvalue weighted by Gasteiger charge is -2.27. The lowest BCUT2D eigenvalue weighted by atomic mass is 9.86. The summed E-state index contributed by atoms with van der Waals surface area (Å²) in [4.78, 5) is 24.5. The molecule has 1 unspecified atom stereocenters. The summed E-state index contributed by atoms with van der Waals surface area (Å²) < 4.78 is 5.27. The highest BCUT2D eigenvalue weighted by Crippen LogP contribution is 2.24. The Bertz CT molecular complexity index is 561. The third-order valence-electron chi connectivity index (χ3n) is 4.30. The van der Waals surface area contributed by atoms with Crippen molar-refractivity contribution in [3.63, 3.8) is 0 Å². The average molecular weight is 386 g/mol. The van der Waals surface area contributed by atoms with E-state index in [9.17, 15) is 14.7 Å². The Labute approximate surface area is 157 Å². The van der Waals surface area contributed by atoms with Gasteiger partial charge in [0.1, 0.15) is 0 Å². The second-order valence-corrected chi connectivity index (χ2v) is 7.71. The molecule has 7 heteroatoms. The van der Waals surface area contributed by atoms with E-state index in [4.69, 9.17) is 16.3 Å². The Morgan fingerprint density at radius 3 is 2.60 bits per heavy atom. The SMILES string of the molecule is O=C(CCCSc1ccc(Cl)cc1)NCC(C(=O)O)C1CCOCC1. The molecule has 0 bridgehead atoms. The van der Waals surface area contributed by atoms with Crippen LogP contribution in [0.5, 0.6) is 0 Å². The molecular formula is C18H24ClNO4S. The van der Waals surface area contributed by atoms with Crippen molar-refractivity contribution in [2.75, 3.05) is 25.5 Å². The van der Waals surface area contributed by atoms with Crippen LogP contribution in [0.25, 0.3) is 0 Å². The molecule has 1 atom stereocenters. The Morgan fingerprint density at radius 2 is 1.96 bits per heavy atom. The van der Waals surface area contributed by atoms with Crippen LogP contribution < -0.4 is 5.32 Å². The maximum Gasteiger partial charge on any atom is 0.308 e. The van der Waals surface area contributed by atoms with Crippen molar-refractivity contribution in [2.45, 2.75) is 30.6 Å². The second-order valence-electron chi connectivity index (χ2n) is 6.10. The van der Waals surface area contributed by atoms with Gasteiger partial charge in [-0.3, -0.25) is 9.59 Å². The van der Waals surface area contributed by atoms with Gasteiger partial charge in [0.2, 0.25) is 5.91 Å². The monoisotopic (exact) mass is 385 g/mol. The number of nitrogens with one attached hydrogen (secondary N) is 1. The molecule has 1 saturated heterocycles. The van der Waals surface area contributed by atoms with Crippen LogP contribution in [0.1, 0.15) is 25.7 Å². The number of ether oxygens (including phenoxy) is 1. The predicted octanol–water partition coefficient (Wildman–Crippen LogP) is 3.46. The van der Waals surface area contributed by atoms with Crippen LogP contribution in [0.15, 0.2) is 29.2 Å². The number of benzene rings is 1. The van der Waals surface area contributed by atoms with Crippen LogP contribution in [0.3, 0.4) is 0 Å². The highest BCUT2D eigenvalue weighted by molar-refractivity contribution is 7.99. The summed E-state index contributed by atoms with van der Waals surface area (Å²) in [5.41, 5.74) is 0. The maximum absolute atomic E-state index is 12.0. The zero-order valence-corrected chi connectivity index (χ0v) is 15.7. The number of carbonyl (C=O) groups excluding carboxylic acids is 1. The van der Waals surface area contributed by atoms with Gasteiger partial charge in [-0.2, -0.15) is 0 Å². The number of halogens is 1. The Hall–Kier alpha value is -1.24. The summed E-state index contributed by atoms with van der Waals surface area (Å²) in [7, 11) is 0. The molecule has 1 fully saturated rings. The number of thioether (sulfide) groups is 1. The summed E-state index contributed by atoms with van der Waals surface area (Å²) in [6.45, 7) is 1.40. The van der Waals surface area contributed by atoms with Gasteiger partial charge >= 0.3 is 5.97 Å². The number of hydrogen-bond donors (Lipinski definition) is 2. The van der Waals surface area contributed by atoms with Crippen LogP contribution in [-0.4, -0.2) is 42.5 Å². The molecule has 2 rings (SSSR count).